The third-order valence-corrected chi connectivity index (χ3v) is 7.77. The minimum atomic E-state index is -0.898. The van der Waals surface area contributed by atoms with E-state index in [1.54, 1.807) is 4.90 Å². The molecule has 35 heavy (non-hydrogen) atoms. The van der Waals surface area contributed by atoms with Crippen molar-refractivity contribution >= 4 is 18.0 Å². The Morgan fingerprint density at radius 1 is 1.03 bits per heavy atom. The van der Waals surface area contributed by atoms with Gasteiger partial charge in [0, 0.05) is 25.0 Å². The molecule has 1 unspecified atom stereocenters. The van der Waals surface area contributed by atoms with Crippen molar-refractivity contribution in [3.63, 3.8) is 0 Å². The number of carbonyl (C=O) groups is 3. The zero-order chi connectivity index (χ0) is 25.0. The average Bonchev–Trinajstić information content (AvgIpc) is 3.45. The second-order valence-corrected chi connectivity index (χ2v) is 9.56. The predicted molar refractivity (Wildman–Crippen MR) is 133 cm³/mol. The number of aliphatic carboxylic acids is 1. The number of likely N-dealkylation sites (tertiary alicyclic amines) is 1. The number of hydrogen-bond acceptors (Lipinski definition) is 4. The topological polar surface area (TPSA) is 95.9 Å². The van der Waals surface area contributed by atoms with E-state index in [-0.39, 0.29) is 37.4 Å². The minimum Gasteiger partial charge on any atom is -0.481 e. The number of carboxylic acid groups (broad SMARTS) is 1. The van der Waals surface area contributed by atoms with E-state index in [1.807, 2.05) is 38.1 Å². The Kier molecular flexibility index (Phi) is 7.43. The van der Waals surface area contributed by atoms with Gasteiger partial charge in [-0.3, -0.25) is 9.59 Å². The highest BCUT2D eigenvalue weighted by Gasteiger charge is 2.42. The van der Waals surface area contributed by atoms with Crippen molar-refractivity contribution in [2.75, 3.05) is 19.7 Å². The first-order chi connectivity index (χ1) is 16.9. The van der Waals surface area contributed by atoms with Gasteiger partial charge in [0.25, 0.3) is 0 Å². The maximum Gasteiger partial charge on any atom is 0.407 e. The third kappa shape index (κ3) is 4.90. The van der Waals surface area contributed by atoms with Crippen molar-refractivity contribution < 1.29 is 24.2 Å². The Labute approximate surface area is 206 Å². The van der Waals surface area contributed by atoms with Gasteiger partial charge in [-0.15, -0.1) is 0 Å². The number of hydrogen-bond donors (Lipinski definition) is 2. The van der Waals surface area contributed by atoms with Gasteiger partial charge in [0.15, 0.2) is 0 Å². The number of ether oxygens (including phenoxy) is 1. The van der Waals surface area contributed by atoms with Crippen LogP contribution in [0.3, 0.4) is 0 Å². The summed E-state index contributed by atoms with van der Waals surface area (Å²) >= 11 is 0. The lowest BCUT2D eigenvalue weighted by atomic mass is 9.80. The van der Waals surface area contributed by atoms with E-state index in [2.05, 4.69) is 29.6 Å². The van der Waals surface area contributed by atoms with Gasteiger partial charge >= 0.3 is 12.1 Å². The standard InChI is InChI=1S/C28H34N2O5/c1-3-28(4-2,26(33)30-15-9-10-19(30)16-25(31)32)18-29-27(34)35-17-24-22-13-7-5-11-20(22)21-12-6-8-14-23(21)24/h5-8,11-14,19,24H,3-4,9-10,15-18H2,1-2H3,(H,29,34)(H,31,32). The molecule has 2 N–H and O–H groups in total. The number of nitrogens with zero attached hydrogens (tertiary/aromatic N) is 1. The SMILES string of the molecule is CCC(CC)(CNC(=O)OCC1c2ccccc2-c2ccccc21)C(=O)N1CCCC1CC(=O)O. The van der Waals surface area contributed by atoms with Crippen molar-refractivity contribution in [1.82, 2.24) is 10.2 Å². The molecule has 0 saturated carbocycles. The molecule has 2 aliphatic rings. The maximum absolute atomic E-state index is 13.5. The largest absolute Gasteiger partial charge is 0.481 e. The normalized spacial score (nSPS) is 17.1. The van der Waals surface area contributed by atoms with Crippen LogP contribution in [0.2, 0.25) is 0 Å². The van der Waals surface area contributed by atoms with Crippen molar-refractivity contribution in [2.24, 2.45) is 5.41 Å². The Morgan fingerprint density at radius 2 is 1.63 bits per heavy atom. The van der Waals surface area contributed by atoms with Crippen molar-refractivity contribution in [1.29, 1.82) is 0 Å². The van der Waals surface area contributed by atoms with Crippen molar-refractivity contribution in [2.45, 2.75) is 57.9 Å². The highest BCUT2D eigenvalue weighted by Crippen LogP contribution is 2.44. The number of alkyl carbamates (subject to hydrolysis) is 1. The fourth-order valence-electron chi connectivity index (χ4n) is 5.59. The van der Waals surface area contributed by atoms with Gasteiger partial charge < -0.3 is 20.1 Å². The Bertz CT molecular complexity index is 1050. The van der Waals surface area contributed by atoms with Gasteiger partial charge in [0.2, 0.25) is 5.91 Å². The van der Waals surface area contributed by atoms with E-state index in [4.69, 9.17) is 4.74 Å². The number of fused-ring (bicyclic) bond motifs is 3. The van der Waals surface area contributed by atoms with Gasteiger partial charge in [-0.05, 0) is 47.9 Å². The molecule has 0 bridgehead atoms. The number of amides is 2. The summed E-state index contributed by atoms with van der Waals surface area (Å²) < 4.78 is 5.65. The van der Waals surface area contributed by atoms with E-state index in [0.29, 0.717) is 25.8 Å². The molecule has 0 radical (unpaired) electrons. The number of carbonyl (C=O) groups excluding carboxylic acids is 2. The molecule has 2 aromatic carbocycles. The van der Waals surface area contributed by atoms with E-state index in [1.165, 1.54) is 11.1 Å². The van der Waals surface area contributed by atoms with Gasteiger partial charge in [-0.25, -0.2) is 4.79 Å². The number of rotatable bonds is 9. The third-order valence-electron chi connectivity index (χ3n) is 7.77. The van der Waals surface area contributed by atoms with Gasteiger partial charge in [-0.2, -0.15) is 0 Å². The Balaban J connectivity index is 1.40. The fourth-order valence-corrected chi connectivity index (χ4v) is 5.59. The van der Waals surface area contributed by atoms with E-state index >= 15 is 0 Å². The van der Waals surface area contributed by atoms with Crippen LogP contribution in [-0.4, -0.2) is 53.7 Å². The first-order valence-electron chi connectivity index (χ1n) is 12.5. The van der Waals surface area contributed by atoms with Crippen LogP contribution in [0, 0.1) is 5.41 Å². The number of benzene rings is 2. The first-order valence-corrected chi connectivity index (χ1v) is 12.5. The van der Waals surface area contributed by atoms with Crippen LogP contribution in [0.5, 0.6) is 0 Å². The zero-order valence-corrected chi connectivity index (χ0v) is 20.5. The highest BCUT2D eigenvalue weighted by molar-refractivity contribution is 5.85. The lowest BCUT2D eigenvalue weighted by Gasteiger charge is -2.36. The molecular weight excluding hydrogens is 444 g/mol. The Hall–Kier alpha value is -3.35. The molecule has 7 nitrogen and oxygen atoms in total. The van der Waals surface area contributed by atoms with Crippen LogP contribution in [0.1, 0.15) is 63.0 Å². The summed E-state index contributed by atoms with van der Waals surface area (Å²) in [6, 6.07) is 16.1. The van der Waals surface area contributed by atoms with Crippen molar-refractivity contribution in [3.8, 4) is 11.1 Å². The molecule has 1 fully saturated rings. The van der Waals surface area contributed by atoms with E-state index in [0.717, 1.165) is 17.5 Å². The molecule has 1 atom stereocenters. The fraction of sp³-hybridized carbons (Fsp3) is 0.464. The lowest BCUT2D eigenvalue weighted by Crippen LogP contribution is -2.51. The number of nitrogens with one attached hydrogen (secondary N) is 1. The quantitative estimate of drug-likeness (QED) is 0.540. The summed E-state index contributed by atoms with van der Waals surface area (Å²) in [5, 5.41) is 12.1. The number of carboxylic acids is 1. The molecule has 2 amide bonds. The summed E-state index contributed by atoms with van der Waals surface area (Å²) in [4.78, 5) is 39.2. The highest BCUT2D eigenvalue weighted by atomic mass is 16.5. The lowest BCUT2D eigenvalue weighted by molar-refractivity contribution is -0.145. The van der Waals surface area contributed by atoms with Gasteiger partial charge in [0.1, 0.15) is 6.61 Å². The molecule has 0 spiro atoms. The van der Waals surface area contributed by atoms with Crippen LogP contribution >= 0.6 is 0 Å². The van der Waals surface area contributed by atoms with E-state index < -0.39 is 17.5 Å². The zero-order valence-electron chi connectivity index (χ0n) is 20.5. The van der Waals surface area contributed by atoms with Crippen molar-refractivity contribution in [3.05, 3.63) is 59.7 Å². The minimum absolute atomic E-state index is 0.0294. The Morgan fingerprint density at radius 3 is 2.20 bits per heavy atom. The average molecular weight is 479 g/mol. The molecule has 7 heteroatoms. The summed E-state index contributed by atoms with van der Waals surface area (Å²) in [6.45, 7) is 4.80. The molecule has 4 rings (SSSR count). The summed E-state index contributed by atoms with van der Waals surface area (Å²) in [5.74, 6) is -1.01. The van der Waals surface area contributed by atoms with Gasteiger partial charge in [-0.1, -0.05) is 62.4 Å². The molecule has 1 saturated heterocycles. The smallest absolute Gasteiger partial charge is 0.407 e. The molecule has 186 valence electrons. The van der Waals surface area contributed by atoms with E-state index in [9.17, 15) is 19.5 Å². The predicted octanol–water partition coefficient (Wildman–Crippen LogP) is 4.80. The molecule has 1 aliphatic carbocycles. The molecular formula is C28H34N2O5. The van der Waals surface area contributed by atoms with Crippen LogP contribution in [0.15, 0.2) is 48.5 Å². The maximum atomic E-state index is 13.5. The van der Waals surface area contributed by atoms with Gasteiger partial charge in [0.05, 0.1) is 11.8 Å². The summed E-state index contributed by atoms with van der Waals surface area (Å²) in [6.07, 6.45) is 1.99. The molecule has 1 heterocycles. The second kappa shape index (κ2) is 10.5. The van der Waals surface area contributed by atoms with Crippen LogP contribution in [-0.2, 0) is 14.3 Å². The molecule has 2 aromatic rings. The molecule has 1 aliphatic heterocycles. The second-order valence-electron chi connectivity index (χ2n) is 9.56. The summed E-state index contributed by atoms with van der Waals surface area (Å²) in [5.41, 5.74) is 3.84. The van der Waals surface area contributed by atoms with Crippen LogP contribution < -0.4 is 5.32 Å². The summed E-state index contributed by atoms with van der Waals surface area (Å²) in [7, 11) is 0. The molecule has 0 aromatic heterocycles. The monoisotopic (exact) mass is 478 g/mol. The van der Waals surface area contributed by atoms with Crippen LogP contribution in [0.4, 0.5) is 4.79 Å². The first kappa shape index (κ1) is 24.8. The van der Waals surface area contributed by atoms with Crippen LogP contribution in [0.25, 0.3) is 11.1 Å².